The first-order valence-corrected chi connectivity index (χ1v) is 13.1. The molecule has 0 aliphatic rings. The molecule has 166 valence electrons. The van der Waals surface area contributed by atoms with Crippen LogP contribution in [0.5, 0.6) is 5.75 Å². The highest BCUT2D eigenvalue weighted by Crippen LogP contribution is 2.30. The Hall–Kier alpha value is -2.05. The Morgan fingerprint density at radius 3 is 2.42 bits per heavy atom. The van der Waals surface area contributed by atoms with E-state index in [-0.39, 0.29) is 11.4 Å². The number of aromatic nitrogens is 2. The van der Waals surface area contributed by atoms with Crippen molar-refractivity contribution in [2.24, 2.45) is 0 Å². The summed E-state index contributed by atoms with van der Waals surface area (Å²) in [5, 5.41) is 0. The van der Waals surface area contributed by atoms with Gasteiger partial charge in [0.2, 0.25) is 0 Å². The van der Waals surface area contributed by atoms with Crippen LogP contribution in [-0.4, -0.2) is 9.38 Å². The van der Waals surface area contributed by atoms with Crippen molar-refractivity contribution >= 4 is 78.6 Å². The van der Waals surface area contributed by atoms with Crippen LogP contribution in [0, 0.1) is 26.8 Å². The van der Waals surface area contributed by atoms with E-state index in [9.17, 15) is 9.18 Å². The van der Waals surface area contributed by atoms with Gasteiger partial charge < -0.3 is 4.74 Å². The van der Waals surface area contributed by atoms with E-state index in [2.05, 4.69) is 57.1 Å². The van der Waals surface area contributed by atoms with Gasteiger partial charge in [-0.05, 0) is 124 Å². The Bertz CT molecular complexity index is 1620. The molecule has 5 aromatic rings. The summed E-state index contributed by atoms with van der Waals surface area (Å²) in [6.07, 6.45) is 1.91. The molecule has 0 atom stereocenters. The van der Waals surface area contributed by atoms with Gasteiger partial charge >= 0.3 is 0 Å². The Kier molecular flexibility index (Phi) is 6.17. The Balaban J connectivity index is 1.50. The molecule has 2 aromatic heterocycles. The minimum absolute atomic E-state index is 0.0533. The van der Waals surface area contributed by atoms with Crippen LogP contribution in [-0.2, 0) is 6.61 Å². The number of aryl methyl sites for hydroxylation is 2. The van der Waals surface area contributed by atoms with Crippen molar-refractivity contribution in [1.29, 1.82) is 0 Å². The fourth-order valence-corrected chi connectivity index (χ4v) is 6.72. The molecule has 0 bridgehead atoms. The van der Waals surface area contributed by atoms with E-state index in [4.69, 9.17) is 4.74 Å². The van der Waals surface area contributed by atoms with E-state index >= 15 is 0 Å². The van der Waals surface area contributed by atoms with Crippen LogP contribution in [0.1, 0.15) is 22.3 Å². The lowest BCUT2D eigenvalue weighted by Gasteiger charge is -2.11. The van der Waals surface area contributed by atoms with Crippen molar-refractivity contribution in [3.63, 3.8) is 0 Å². The second-order valence-corrected chi connectivity index (χ2v) is 11.1. The zero-order valence-electron chi connectivity index (χ0n) is 17.7. The normalized spacial score (nSPS) is 12.2. The van der Waals surface area contributed by atoms with Crippen LogP contribution in [0.4, 0.5) is 4.39 Å². The van der Waals surface area contributed by atoms with E-state index < -0.39 is 0 Å². The molecule has 5 rings (SSSR count). The number of hydrogen-bond acceptors (Lipinski definition) is 4. The van der Waals surface area contributed by atoms with Crippen LogP contribution in [0.2, 0.25) is 0 Å². The summed E-state index contributed by atoms with van der Waals surface area (Å²) in [5.41, 5.74) is 5.77. The zero-order chi connectivity index (χ0) is 23.3. The number of thiazole rings is 1. The maximum absolute atomic E-state index is 13.2. The summed E-state index contributed by atoms with van der Waals surface area (Å²) in [6.45, 7) is 4.45. The molecule has 0 amide bonds. The number of fused-ring (bicyclic) bond motifs is 3. The van der Waals surface area contributed by atoms with E-state index in [1.165, 1.54) is 29.0 Å². The lowest BCUT2D eigenvalue weighted by molar-refractivity contribution is 0.301. The Labute approximate surface area is 220 Å². The summed E-state index contributed by atoms with van der Waals surface area (Å²) in [6, 6.07) is 14.3. The predicted octanol–water partition coefficient (Wildman–Crippen LogP) is 6.00. The van der Waals surface area contributed by atoms with Gasteiger partial charge in [0.1, 0.15) is 18.2 Å². The summed E-state index contributed by atoms with van der Waals surface area (Å²) in [5.74, 6) is 0.512. The van der Waals surface area contributed by atoms with Gasteiger partial charge in [-0.15, -0.1) is 0 Å². The molecule has 33 heavy (non-hydrogen) atoms. The monoisotopic (exact) mass is 682 g/mol. The molecule has 3 aromatic carbocycles. The van der Waals surface area contributed by atoms with Crippen LogP contribution in [0.15, 0.2) is 53.3 Å². The molecular formula is C25H17FI2N2O2S. The number of imidazole rings is 1. The first-order chi connectivity index (χ1) is 15.8. The molecule has 4 nitrogen and oxygen atoms in total. The van der Waals surface area contributed by atoms with Gasteiger partial charge in [0, 0.05) is 0 Å². The Morgan fingerprint density at radius 1 is 1.06 bits per heavy atom. The molecule has 0 radical (unpaired) electrons. The minimum Gasteiger partial charge on any atom is -0.487 e. The van der Waals surface area contributed by atoms with Gasteiger partial charge in [-0.25, -0.2) is 13.8 Å². The maximum atomic E-state index is 13.2. The number of ether oxygens (including phenoxy) is 1. The van der Waals surface area contributed by atoms with E-state index in [1.807, 2.05) is 37.3 Å². The third-order valence-electron chi connectivity index (χ3n) is 5.47. The highest BCUT2D eigenvalue weighted by molar-refractivity contribution is 14.1. The quantitative estimate of drug-likeness (QED) is 0.219. The second kappa shape index (κ2) is 8.95. The SMILES string of the molecule is Cc1cc2nc3s/c(=C\c4cc(I)c(OCc5ccc(F)cc5)c(I)c4)c(=O)n3c2cc1C. The summed E-state index contributed by atoms with van der Waals surface area (Å²) in [7, 11) is 0. The average Bonchev–Trinajstić information content (AvgIpc) is 3.25. The van der Waals surface area contributed by atoms with Crippen LogP contribution < -0.4 is 14.8 Å². The van der Waals surface area contributed by atoms with Gasteiger partial charge in [0.15, 0.2) is 4.96 Å². The molecular weight excluding hydrogens is 665 g/mol. The molecule has 0 spiro atoms. The average molecular weight is 682 g/mol. The van der Waals surface area contributed by atoms with Gasteiger partial charge in [0.05, 0.1) is 22.7 Å². The molecule has 0 aliphatic carbocycles. The topological polar surface area (TPSA) is 43.6 Å². The lowest BCUT2D eigenvalue weighted by atomic mass is 10.1. The molecule has 0 aliphatic heterocycles. The Morgan fingerprint density at radius 2 is 1.73 bits per heavy atom. The van der Waals surface area contributed by atoms with Crippen LogP contribution in [0.3, 0.4) is 0 Å². The largest absolute Gasteiger partial charge is 0.487 e. The first-order valence-electron chi connectivity index (χ1n) is 10.1. The summed E-state index contributed by atoms with van der Waals surface area (Å²) < 4.78 is 23.3. The van der Waals surface area contributed by atoms with Crippen molar-refractivity contribution < 1.29 is 9.13 Å². The van der Waals surface area contributed by atoms with Gasteiger partial charge in [-0.2, -0.15) is 0 Å². The second-order valence-electron chi connectivity index (χ2n) is 7.80. The summed E-state index contributed by atoms with van der Waals surface area (Å²) in [4.78, 5) is 18.5. The first kappa shape index (κ1) is 22.7. The lowest BCUT2D eigenvalue weighted by Crippen LogP contribution is -2.22. The smallest absolute Gasteiger partial charge is 0.274 e. The third kappa shape index (κ3) is 4.40. The minimum atomic E-state index is -0.264. The highest BCUT2D eigenvalue weighted by Gasteiger charge is 2.13. The van der Waals surface area contributed by atoms with E-state index in [0.717, 1.165) is 40.6 Å². The number of halogens is 3. The van der Waals surface area contributed by atoms with Gasteiger partial charge in [-0.3, -0.25) is 4.79 Å². The number of rotatable bonds is 4. The van der Waals surface area contributed by atoms with E-state index in [0.29, 0.717) is 16.1 Å². The summed E-state index contributed by atoms with van der Waals surface area (Å²) >= 11 is 5.88. The maximum Gasteiger partial charge on any atom is 0.274 e. The van der Waals surface area contributed by atoms with Crippen molar-refractivity contribution in [1.82, 2.24) is 9.38 Å². The van der Waals surface area contributed by atoms with Gasteiger partial charge in [-0.1, -0.05) is 23.5 Å². The van der Waals surface area contributed by atoms with Crippen LogP contribution in [0.25, 0.3) is 22.1 Å². The molecule has 0 saturated carbocycles. The molecule has 0 saturated heterocycles. The van der Waals surface area contributed by atoms with Crippen molar-refractivity contribution in [2.45, 2.75) is 20.5 Å². The fourth-order valence-electron chi connectivity index (χ4n) is 3.61. The number of benzene rings is 3. The van der Waals surface area contributed by atoms with Crippen molar-refractivity contribution in [3.05, 3.63) is 98.6 Å². The standard InChI is InChI=1S/C25H17FI2N2O2S/c1-13-7-20-21(8-14(13)2)30-24(31)22(33-25(30)29-20)11-16-9-18(27)23(19(28)10-16)32-12-15-3-5-17(26)6-4-15/h3-11H,12H2,1-2H3/b22-11-. The number of hydrogen-bond donors (Lipinski definition) is 0. The molecule has 2 heterocycles. The number of nitrogens with zero attached hydrogens (tertiary/aromatic N) is 2. The fraction of sp³-hybridized carbons (Fsp3) is 0.120. The van der Waals surface area contributed by atoms with Crippen molar-refractivity contribution in [3.8, 4) is 5.75 Å². The molecule has 0 unspecified atom stereocenters. The molecule has 0 fully saturated rings. The molecule has 8 heteroatoms. The third-order valence-corrected chi connectivity index (χ3v) is 8.04. The molecule has 0 N–H and O–H groups in total. The van der Waals surface area contributed by atoms with Crippen molar-refractivity contribution in [2.75, 3.05) is 0 Å². The zero-order valence-corrected chi connectivity index (χ0v) is 22.8. The van der Waals surface area contributed by atoms with Crippen LogP contribution >= 0.6 is 56.5 Å². The highest BCUT2D eigenvalue weighted by atomic mass is 127. The predicted molar refractivity (Wildman–Crippen MR) is 148 cm³/mol. The van der Waals surface area contributed by atoms with Gasteiger partial charge in [0.25, 0.3) is 5.56 Å². The van der Waals surface area contributed by atoms with E-state index in [1.54, 1.807) is 16.5 Å².